The van der Waals surface area contributed by atoms with E-state index >= 15 is 0 Å². The minimum Gasteiger partial charge on any atom is -0.394 e. The lowest BCUT2D eigenvalue weighted by molar-refractivity contribution is -0.118. The van der Waals surface area contributed by atoms with Gasteiger partial charge in [-0.1, -0.05) is 0 Å². The molecule has 92 valence electrons. The lowest BCUT2D eigenvalue weighted by atomic mass is 10.3. The second-order valence-corrected chi connectivity index (χ2v) is 3.24. The number of rotatable bonds is 5. The van der Waals surface area contributed by atoms with Gasteiger partial charge < -0.3 is 21.3 Å². The highest BCUT2D eigenvalue weighted by molar-refractivity contribution is 5.95. The monoisotopic (exact) mass is 239 g/mol. The highest BCUT2D eigenvalue weighted by Gasteiger charge is 2.17. The molecule has 0 aliphatic carbocycles. The average molecular weight is 239 g/mol. The highest BCUT2D eigenvalue weighted by Crippen LogP contribution is 2.13. The molecule has 1 unspecified atom stereocenters. The van der Waals surface area contributed by atoms with Gasteiger partial charge in [-0.3, -0.25) is 4.79 Å². The summed E-state index contributed by atoms with van der Waals surface area (Å²) in [7, 11) is 0. The average Bonchev–Trinajstić information content (AvgIpc) is 2.71. The number of anilines is 1. The van der Waals surface area contributed by atoms with Crippen molar-refractivity contribution in [2.45, 2.75) is 12.6 Å². The van der Waals surface area contributed by atoms with Crippen LogP contribution in [0.2, 0.25) is 0 Å². The van der Waals surface area contributed by atoms with Gasteiger partial charge in [0.1, 0.15) is 23.5 Å². The predicted octanol–water partition coefficient (Wildman–Crippen LogP) is -1.99. The highest BCUT2D eigenvalue weighted by atomic mass is 16.3. The molecule has 1 amide bonds. The Morgan fingerprint density at radius 3 is 2.94 bits per heavy atom. The molecule has 0 bridgehead atoms. The Morgan fingerprint density at radius 1 is 1.71 bits per heavy atom. The van der Waals surface area contributed by atoms with Crippen LogP contribution in [-0.2, 0) is 11.3 Å². The number of aromatic nitrogens is 2. The van der Waals surface area contributed by atoms with E-state index in [1.165, 1.54) is 10.9 Å². The van der Waals surface area contributed by atoms with Crippen LogP contribution in [-0.4, -0.2) is 45.2 Å². The van der Waals surface area contributed by atoms with Crippen molar-refractivity contribution in [2.75, 3.05) is 18.5 Å². The van der Waals surface area contributed by atoms with Crippen LogP contribution in [0.15, 0.2) is 6.20 Å². The van der Waals surface area contributed by atoms with Crippen molar-refractivity contribution in [1.29, 1.82) is 5.26 Å². The number of aliphatic hydroxyl groups excluding tert-OH is 2. The lowest BCUT2D eigenvalue weighted by Gasteiger charge is -2.11. The van der Waals surface area contributed by atoms with Crippen LogP contribution >= 0.6 is 0 Å². The van der Waals surface area contributed by atoms with Crippen molar-refractivity contribution >= 4 is 11.7 Å². The van der Waals surface area contributed by atoms with Gasteiger partial charge in [-0.05, 0) is 0 Å². The zero-order valence-corrected chi connectivity index (χ0v) is 9.00. The summed E-state index contributed by atoms with van der Waals surface area (Å²) in [5.41, 5.74) is 5.49. The summed E-state index contributed by atoms with van der Waals surface area (Å²) < 4.78 is 1.28. The summed E-state index contributed by atoms with van der Waals surface area (Å²) in [6.07, 6.45) is 1.27. The van der Waals surface area contributed by atoms with E-state index < -0.39 is 18.6 Å². The van der Waals surface area contributed by atoms with E-state index in [1.807, 2.05) is 6.07 Å². The first-order valence-electron chi connectivity index (χ1n) is 4.88. The Balaban J connectivity index is 2.91. The van der Waals surface area contributed by atoms with Crippen LogP contribution in [0.1, 0.15) is 5.56 Å². The van der Waals surface area contributed by atoms with E-state index in [-0.39, 0.29) is 24.5 Å². The lowest BCUT2D eigenvalue weighted by Crippen LogP contribution is -2.39. The topological polar surface area (TPSA) is 137 Å². The minimum atomic E-state index is -1.07. The van der Waals surface area contributed by atoms with Gasteiger partial charge in [0.25, 0.3) is 0 Å². The van der Waals surface area contributed by atoms with Gasteiger partial charge in [0.2, 0.25) is 5.91 Å². The summed E-state index contributed by atoms with van der Waals surface area (Å²) in [6.45, 7) is -0.533. The Hall–Kier alpha value is -1.95. The minimum absolute atomic E-state index is 0.145. The molecule has 1 rings (SSSR count). The summed E-state index contributed by atoms with van der Waals surface area (Å²) in [5, 5.41) is 32.5. The zero-order chi connectivity index (χ0) is 12.8. The van der Waals surface area contributed by atoms with Crippen molar-refractivity contribution in [3.05, 3.63) is 11.8 Å². The third-order valence-electron chi connectivity index (χ3n) is 2.05. The normalized spacial score (nSPS) is 11.9. The summed E-state index contributed by atoms with van der Waals surface area (Å²) in [4.78, 5) is 11.5. The van der Waals surface area contributed by atoms with Crippen molar-refractivity contribution in [3.63, 3.8) is 0 Å². The number of carbonyl (C=O) groups excluding carboxylic acids is 1. The Morgan fingerprint density at radius 2 is 2.41 bits per heavy atom. The maximum Gasteiger partial charge on any atom is 0.244 e. The van der Waals surface area contributed by atoms with Crippen molar-refractivity contribution in [3.8, 4) is 6.07 Å². The number of nitrogens with one attached hydrogen (secondary N) is 1. The van der Waals surface area contributed by atoms with Crippen LogP contribution in [0.3, 0.4) is 0 Å². The molecular weight excluding hydrogens is 226 g/mol. The Bertz CT molecular complexity index is 436. The van der Waals surface area contributed by atoms with Gasteiger partial charge in [0, 0.05) is 0 Å². The summed E-state index contributed by atoms with van der Waals surface area (Å²) >= 11 is 0. The quantitative estimate of drug-likeness (QED) is 0.469. The van der Waals surface area contributed by atoms with Gasteiger partial charge in [-0.2, -0.15) is 10.4 Å². The molecule has 1 aromatic rings. The van der Waals surface area contributed by atoms with E-state index in [0.717, 1.165) is 0 Å². The second kappa shape index (κ2) is 5.95. The number of carbonyl (C=O) groups is 1. The Labute approximate surface area is 97.3 Å². The van der Waals surface area contributed by atoms with E-state index in [1.54, 1.807) is 0 Å². The fourth-order valence-electron chi connectivity index (χ4n) is 1.16. The van der Waals surface area contributed by atoms with Crippen LogP contribution in [0.25, 0.3) is 0 Å². The molecule has 0 aliphatic rings. The molecule has 17 heavy (non-hydrogen) atoms. The van der Waals surface area contributed by atoms with Crippen LogP contribution in [0.4, 0.5) is 5.82 Å². The molecule has 5 N–H and O–H groups in total. The van der Waals surface area contributed by atoms with Gasteiger partial charge in [-0.15, -0.1) is 0 Å². The SMILES string of the molecule is N#Cc1cnn(CCO)c1NC(=O)C(N)CO. The third-order valence-corrected chi connectivity index (χ3v) is 2.05. The van der Waals surface area contributed by atoms with Crippen LogP contribution in [0, 0.1) is 11.3 Å². The molecule has 0 saturated carbocycles. The maximum absolute atomic E-state index is 11.5. The molecule has 1 aromatic heterocycles. The number of amides is 1. The van der Waals surface area contributed by atoms with Crippen molar-refractivity contribution in [2.24, 2.45) is 5.73 Å². The van der Waals surface area contributed by atoms with E-state index in [4.69, 9.17) is 21.2 Å². The van der Waals surface area contributed by atoms with Gasteiger partial charge in [0.05, 0.1) is 26.0 Å². The fraction of sp³-hybridized carbons (Fsp3) is 0.444. The molecule has 0 fully saturated rings. The van der Waals surface area contributed by atoms with Crippen molar-refractivity contribution in [1.82, 2.24) is 9.78 Å². The second-order valence-electron chi connectivity index (χ2n) is 3.24. The predicted molar refractivity (Wildman–Crippen MR) is 57.7 cm³/mol. The number of nitriles is 1. The maximum atomic E-state index is 11.5. The summed E-state index contributed by atoms with van der Waals surface area (Å²) in [6, 6.07) is 0.783. The van der Waals surface area contributed by atoms with E-state index in [0.29, 0.717) is 0 Å². The standard InChI is InChI=1S/C9H13N5O3/c10-3-6-4-12-14(1-2-15)8(6)13-9(17)7(11)5-16/h4,7,15-16H,1-2,5,11H2,(H,13,17). The molecule has 0 aliphatic heterocycles. The zero-order valence-electron chi connectivity index (χ0n) is 9.00. The molecule has 0 aromatic carbocycles. The van der Waals surface area contributed by atoms with E-state index in [9.17, 15) is 4.79 Å². The first kappa shape index (κ1) is 13.1. The summed E-state index contributed by atoms with van der Waals surface area (Å²) in [5.74, 6) is -0.459. The van der Waals surface area contributed by atoms with Gasteiger partial charge >= 0.3 is 0 Å². The molecule has 0 saturated heterocycles. The van der Waals surface area contributed by atoms with E-state index in [2.05, 4.69) is 10.4 Å². The Kier molecular flexibility index (Phi) is 4.59. The first-order chi connectivity index (χ1) is 8.13. The number of nitrogens with two attached hydrogens (primary N) is 1. The van der Waals surface area contributed by atoms with Crippen LogP contribution in [0.5, 0.6) is 0 Å². The number of nitrogens with zero attached hydrogens (tertiary/aromatic N) is 3. The number of aliphatic hydroxyl groups is 2. The molecule has 0 spiro atoms. The molecule has 8 nitrogen and oxygen atoms in total. The third kappa shape index (κ3) is 3.01. The van der Waals surface area contributed by atoms with Gasteiger partial charge in [-0.25, -0.2) is 4.68 Å². The number of hydrogen-bond acceptors (Lipinski definition) is 6. The largest absolute Gasteiger partial charge is 0.394 e. The van der Waals surface area contributed by atoms with Crippen molar-refractivity contribution < 1.29 is 15.0 Å². The van der Waals surface area contributed by atoms with Crippen LogP contribution < -0.4 is 11.1 Å². The molecular formula is C9H13N5O3. The molecule has 1 heterocycles. The molecule has 1 atom stereocenters. The van der Waals surface area contributed by atoms with Gasteiger partial charge in [0.15, 0.2) is 0 Å². The number of hydrogen-bond donors (Lipinski definition) is 4. The molecule has 8 heteroatoms. The fourth-order valence-corrected chi connectivity index (χ4v) is 1.16. The first-order valence-corrected chi connectivity index (χ1v) is 4.88. The molecule has 0 radical (unpaired) electrons. The smallest absolute Gasteiger partial charge is 0.244 e.